The van der Waals surface area contributed by atoms with Crippen molar-refractivity contribution in [3.05, 3.63) is 24.3 Å². The van der Waals surface area contributed by atoms with E-state index in [1.54, 1.807) is 18.2 Å². The van der Waals surface area contributed by atoms with Crippen molar-refractivity contribution in [1.29, 1.82) is 0 Å². The number of carbonyl (C=O) groups is 1. The second-order valence-electron chi connectivity index (χ2n) is 6.72. The van der Waals surface area contributed by atoms with E-state index in [0.717, 1.165) is 19.3 Å². The second kappa shape index (κ2) is 8.09. The summed E-state index contributed by atoms with van der Waals surface area (Å²) < 4.78 is 26.9. The summed E-state index contributed by atoms with van der Waals surface area (Å²) in [6, 6.07) is 5.78. The molecule has 2 rings (SSSR count). The van der Waals surface area contributed by atoms with Crippen LogP contribution in [0, 0.1) is 5.92 Å². The average Bonchev–Trinajstić information content (AvgIpc) is 2.55. The molecule has 0 aliphatic carbocycles. The number of nitrogens with zero attached hydrogens (tertiary/aromatic N) is 1. The van der Waals surface area contributed by atoms with Gasteiger partial charge in [-0.1, -0.05) is 26.3 Å². The van der Waals surface area contributed by atoms with Crippen molar-refractivity contribution in [3.63, 3.8) is 0 Å². The van der Waals surface area contributed by atoms with Crippen LogP contribution in [0.25, 0.3) is 0 Å². The highest BCUT2D eigenvalue weighted by Crippen LogP contribution is 2.23. The first-order valence-electron chi connectivity index (χ1n) is 8.47. The fourth-order valence-electron chi connectivity index (χ4n) is 2.84. The lowest BCUT2D eigenvalue weighted by Crippen LogP contribution is -2.37. The Morgan fingerprint density at radius 3 is 2.54 bits per heavy atom. The maximum Gasteiger partial charge on any atom is 0.243 e. The Balaban J connectivity index is 2.12. The zero-order valence-electron chi connectivity index (χ0n) is 14.4. The van der Waals surface area contributed by atoms with Gasteiger partial charge in [0.15, 0.2) is 0 Å². The van der Waals surface area contributed by atoms with Gasteiger partial charge in [0, 0.05) is 18.8 Å². The van der Waals surface area contributed by atoms with E-state index in [4.69, 9.17) is 5.73 Å². The first kappa shape index (κ1) is 18.9. The SMILES string of the molecule is CC(C)C[C@H](N)C(=O)Nc1cccc(S(=O)(=O)N2CCCCC2)c1. The van der Waals surface area contributed by atoms with Gasteiger partial charge in [0.25, 0.3) is 0 Å². The van der Waals surface area contributed by atoms with Crippen LogP contribution in [0.15, 0.2) is 29.2 Å². The van der Waals surface area contributed by atoms with Crippen LogP contribution in [0.3, 0.4) is 0 Å². The third-order valence-electron chi connectivity index (χ3n) is 4.12. The van der Waals surface area contributed by atoms with E-state index in [2.05, 4.69) is 5.32 Å². The number of nitrogens with two attached hydrogens (primary N) is 1. The summed E-state index contributed by atoms with van der Waals surface area (Å²) in [4.78, 5) is 12.3. The molecule has 1 aliphatic rings. The van der Waals surface area contributed by atoms with E-state index in [9.17, 15) is 13.2 Å². The highest BCUT2D eigenvalue weighted by atomic mass is 32.2. The second-order valence-corrected chi connectivity index (χ2v) is 8.66. The van der Waals surface area contributed by atoms with E-state index in [1.165, 1.54) is 10.4 Å². The fourth-order valence-corrected chi connectivity index (χ4v) is 4.40. The predicted molar refractivity (Wildman–Crippen MR) is 95.1 cm³/mol. The molecule has 6 nitrogen and oxygen atoms in total. The summed E-state index contributed by atoms with van der Waals surface area (Å²) in [7, 11) is -3.51. The number of anilines is 1. The number of hydrogen-bond acceptors (Lipinski definition) is 4. The molecule has 1 heterocycles. The number of benzene rings is 1. The van der Waals surface area contributed by atoms with Gasteiger partial charge in [-0.3, -0.25) is 4.79 Å². The van der Waals surface area contributed by atoms with Crippen molar-refractivity contribution in [1.82, 2.24) is 4.31 Å². The maximum absolute atomic E-state index is 12.7. The molecular weight excluding hydrogens is 326 g/mol. The zero-order chi connectivity index (χ0) is 17.7. The Morgan fingerprint density at radius 2 is 1.92 bits per heavy atom. The van der Waals surface area contributed by atoms with Gasteiger partial charge >= 0.3 is 0 Å². The van der Waals surface area contributed by atoms with Gasteiger partial charge in [-0.2, -0.15) is 4.31 Å². The molecule has 0 radical (unpaired) electrons. The molecule has 0 aromatic heterocycles. The molecule has 134 valence electrons. The third-order valence-corrected chi connectivity index (χ3v) is 6.01. The smallest absolute Gasteiger partial charge is 0.243 e. The Morgan fingerprint density at radius 1 is 1.25 bits per heavy atom. The predicted octanol–water partition coefficient (Wildman–Crippen LogP) is 2.17. The number of piperidine rings is 1. The van der Waals surface area contributed by atoms with Gasteiger partial charge in [-0.25, -0.2) is 8.42 Å². The van der Waals surface area contributed by atoms with Crippen molar-refractivity contribution in [2.75, 3.05) is 18.4 Å². The molecule has 1 atom stereocenters. The van der Waals surface area contributed by atoms with Crippen LogP contribution in [0.1, 0.15) is 39.5 Å². The molecule has 1 amide bonds. The minimum absolute atomic E-state index is 0.208. The van der Waals surface area contributed by atoms with Gasteiger partial charge < -0.3 is 11.1 Å². The summed E-state index contributed by atoms with van der Waals surface area (Å²) in [6.45, 7) is 5.11. The highest BCUT2D eigenvalue weighted by Gasteiger charge is 2.26. The molecule has 3 N–H and O–H groups in total. The minimum atomic E-state index is -3.51. The minimum Gasteiger partial charge on any atom is -0.325 e. The van der Waals surface area contributed by atoms with Gasteiger partial charge in [-0.05, 0) is 43.4 Å². The third kappa shape index (κ3) is 4.78. The number of nitrogens with one attached hydrogen (secondary N) is 1. The lowest BCUT2D eigenvalue weighted by Gasteiger charge is -2.26. The first-order chi connectivity index (χ1) is 11.3. The molecule has 1 aromatic rings. The molecule has 7 heteroatoms. The summed E-state index contributed by atoms with van der Waals surface area (Å²) in [5.74, 6) is 0.0211. The van der Waals surface area contributed by atoms with Crippen molar-refractivity contribution in [2.45, 2.75) is 50.5 Å². The number of carbonyl (C=O) groups excluding carboxylic acids is 1. The monoisotopic (exact) mass is 353 g/mol. The summed E-state index contributed by atoms with van der Waals surface area (Å²) >= 11 is 0. The molecule has 0 spiro atoms. The van der Waals surface area contributed by atoms with Crippen molar-refractivity contribution in [3.8, 4) is 0 Å². The molecule has 0 unspecified atom stereocenters. The van der Waals surface area contributed by atoms with E-state index in [-0.39, 0.29) is 10.8 Å². The van der Waals surface area contributed by atoms with Gasteiger partial charge in [0.1, 0.15) is 0 Å². The lowest BCUT2D eigenvalue weighted by molar-refractivity contribution is -0.117. The molecule has 0 bridgehead atoms. The van der Waals surface area contributed by atoms with Crippen molar-refractivity contribution < 1.29 is 13.2 Å². The Bertz CT molecular complexity index is 667. The van der Waals surface area contributed by atoms with Gasteiger partial charge in [0.05, 0.1) is 10.9 Å². The average molecular weight is 353 g/mol. The Labute approximate surface area is 144 Å². The first-order valence-corrected chi connectivity index (χ1v) is 9.91. The van der Waals surface area contributed by atoms with Crippen LogP contribution in [0.5, 0.6) is 0 Å². The van der Waals surface area contributed by atoms with E-state index >= 15 is 0 Å². The van der Waals surface area contributed by atoms with Crippen molar-refractivity contribution in [2.24, 2.45) is 11.7 Å². The Hall–Kier alpha value is -1.44. The number of sulfonamides is 1. The summed E-state index contributed by atoms with van der Waals surface area (Å²) in [6.07, 6.45) is 3.42. The highest BCUT2D eigenvalue weighted by molar-refractivity contribution is 7.89. The van der Waals surface area contributed by atoms with Crippen molar-refractivity contribution >= 4 is 21.6 Å². The largest absolute Gasteiger partial charge is 0.325 e. The summed E-state index contributed by atoms with van der Waals surface area (Å²) in [5.41, 5.74) is 6.32. The van der Waals surface area contributed by atoms with Crippen LogP contribution in [0.2, 0.25) is 0 Å². The normalized spacial score (nSPS) is 17.7. The molecule has 24 heavy (non-hydrogen) atoms. The van der Waals surface area contributed by atoms with Crippen LogP contribution < -0.4 is 11.1 Å². The zero-order valence-corrected chi connectivity index (χ0v) is 15.2. The van der Waals surface area contributed by atoms with E-state index in [1.807, 2.05) is 13.8 Å². The molecule has 1 saturated heterocycles. The molecular formula is C17H27N3O3S. The number of amides is 1. The van der Waals surface area contributed by atoms with Gasteiger partial charge in [0.2, 0.25) is 15.9 Å². The summed E-state index contributed by atoms with van der Waals surface area (Å²) in [5, 5.41) is 2.72. The van der Waals surface area contributed by atoms with Crippen LogP contribution >= 0.6 is 0 Å². The topological polar surface area (TPSA) is 92.5 Å². The molecule has 1 aromatic carbocycles. The van der Waals surface area contributed by atoms with E-state index < -0.39 is 16.1 Å². The van der Waals surface area contributed by atoms with Crippen LogP contribution in [0.4, 0.5) is 5.69 Å². The fraction of sp³-hybridized carbons (Fsp3) is 0.588. The Kier molecular flexibility index (Phi) is 6.37. The maximum atomic E-state index is 12.7. The number of rotatable bonds is 6. The van der Waals surface area contributed by atoms with Crippen LogP contribution in [-0.4, -0.2) is 37.8 Å². The molecule has 0 saturated carbocycles. The lowest BCUT2D eigenvalue weighted by atomic mass is 10.0. The van der Waals surface area contributed by atoms with Gasteiger partial charge in [-0.15, -0.1) is 0 Å². The van der Waals surface area contributed by atoms with Crippen LogP contribution in [-0.2, 0) is 14.8 Å². The van der Waals surface area contributed by atoms with E-state index in [0.29, 0.717) is 31.1 Å². The quantitative estimate of drug-likeness (QED) is 0.820. The molecule has 1 fully saturated rings. The number of hydrogen-bond donors (Lipinski definition) is 2. The molecule has 1 aliphatic heterocycles. The standard InChI is InChI=1S/C17H27N3O3S/c1-13(2)11-16(18)17(21)19-14-7-6-8-15(12-14)24(22,23)20-9-4-3-5-10-20/h6-8,12-13,16H,3-5,9-11,18H2,1-2H3,(H,19,21)/t16-/m0/s1.